The molecule has 0 aliphatic carbocycles. The van der Waals surface area contributed by atoms with E-state index in [4.69, 9.17) is 9.72 Å². The number of fused-ring (bicyclic) bond motifs is 1. The first kappa shape index (κ1) is 18.6. The summed E-state index contributed by atoms with van der Waals surface area (Å²) in [6.07, 6.45) is 2.27. The van der Waals surface area contributed by atoms with Crippen molar-refractivity contribution in [3.8, 4) is 5.75 Å². The smallest absolute Gasteiger partial charge is 0.235 e. The first-order valence-corrected chi connectivity index (χ1v) is 10.3. The Hall–Kier alpha value is -2.80. The number of hydrogen-bond acceptors (Lipinski definition) is 6. The number of para-hydroxylation sites is 2. The van der Waals surface area contributed by atoms with Crippen LogP contribution in [0.25, 0.3) is 11.0 Å². The Labute approximate surface area is 168 Å². The van der Waals surface area contributed by atoms with Crippen LogP contribution in [0.4, 0.5) is 11.6 Å². The van der Waals surface area contributed by atoms with Gasteiger partial charge < -0.3 is 15.0 Å². The van der Waals surface area contributed by atoms with Gasteiger partial charge in [-0.2, -0.15) is 0 Å². The van der Waals surface area contributed by atoms with Gasteiger partial charge in [-0.1, -0.05) is 12.1 Å². The normalized spacial score (nSPS) is 13.7. The average Bonchev–Trinajstić information content (AvgIpc) is 3.27. The molecule has 1 aliphatic rings. The van der Waals surface area contributed by atoms with Crippen molar-refractivity contribution < 1.29 is 9.53 Å². The summed E-state index contributed by atoms with van der Waals surface area (Å²) in [5, 5.41) is 2.97. The van der Waals surface area contributed by atoms with E-state index in [9.17, 15) is 4.79 Å². The van der Waals surface area contributed by atoms with E-state index in [-0.39, 0.29) is 5.91 Å². The molecular weight excluding hydrogens is 372 g/mol. The molecule has 0 spiro atoms. The van der Waals surface area contributed by atoms with Gasteiger partial charge in [0.2, 0.25) is 5.91 Å². The minimum absolute atomic E-state index is 0.0918. The molecule has 1 fully saturated rings. The quantitative estimate of drug-likeness (QED) is 0.638. The number of anilines is 2. The van der Waals surface area contributed by atoms with Gasteiger partial charge in [0.25, 0.3) is 0 Å². The van der Waals surface area contributed by atoms with Crippen LogP contribution in [-0.2, 0) is 4.79 Å². The lowest BCUT2D eigenvalue weighted by atomic mass is 10.3. The number of thioether (sulfide) groups is 1. The molecule has 2 aromatic carbocycles. The van der Waals surface area contributed by atoms with Crippen molar-refractivity contribution in [3.63, 3.8) is 0 Å². The monoisotopic (exact) mass is 394 g/mol. The van der Waals surface area contributed by atoms with E-state index >= 15 is 0 Å². The Bertz CT molecular complexity index is 972. The fourth-order valence-corrected chi connectivity index (χ4v) is 3.91. The summed E-state index contributed by atoms with van der Waals surface area (Å²) in [5.41, 5.74) is 1.62. The van der Waals surface area contributed by atoms with Crippen LogP contribution in [0.3, 0.4) is 0 Å². The van der Waals surface area contributed by atoms with Crippen LogP contribution in [0.1, 0.15) is 12.8 Å². The number of nitrogens with zero attached hydrogens (tertiary/aromatic N) is 3. The summed E-state index contributed by atoms with van der Waals surface area (Å²) >= 11 is 1.48. The van der Waals surface area contributed by atoms with Gasteiger partial charge in [0.15, 0.2) is 11.6 Å². The van der Waals surface area contributed by atoms with Crippen molar-refractivity contribution in [1.29, 1.82) is 0 Å². The van der Waals surface area contributed by atoms with Crippen LogP contribution in [0.2, 0.25) is 0 Å². The first-order chi connectivity index (χ1) is 13.7. The van der Waals surface area contributed by atoms with Gasteiger partial charge >= 0.3 is 0 Å². The highest BCUT2D eigenvalue weighted by atomic mass is 32.2. The number of nitrogens with one attached hydrogen (secondary N) is 1. The summed E-state index contributed by atoms with van der Waals surface area (Å²) in [6.45, 7) is 1.88. The van der Waals surface area contributed by atoms with Crippen molar-refractivity contribution in [2.24, 2.45) is 0 Å². The summed E-state index contributed by atoms with van der Waals surface area (Å²) in [6, 6.07) is 15.4. The Kier molecular flexibility index (Phi) is 5.62. The Morgan fingerprint density at radius 2 is 1.75 bits per heavy atom. The fourth-order valence-electron chi connectivity index (χ4n) is 3.21. The van der Waals surface area contributed by atoms with E-state index in [1.807, 2.05) is 48.5 Å². The van der Waals surface area contributed by atoms with Crippen molar-refractivity contribution in [1.82, 2.24) is 9.97 Å². The molecule has 28 heavy (non-hydrogen) atoms. The lowest BCUT2D eigenvalue weighted by molar-refractivity contribution is -0.113. The highest BCUT2D eigenvalue weighted by Gasteiger charge is 2.20. The van der Waals surface area contributed by atoms with Gasteiger partial charge in [-0.05, 0) is 49.2 Å². The number of carbonyl (C=O) groups excluding carboxylic acids is 1. The van der Waals surface area contributed by atoms with Crippen molar-refractivity contribution in [3.05, 3.63) is 48.5 Å². The van der Waals surface area contributed by atoms with Crippen LogP contribution < -0.4 is 15.0 Å². The molecule has 1 N–H and O–H groups in total. The first-order valence-electron chi connectivity index (χ1n) is 9.31. The molecule has 4 rings (SSSR count). The highest BCUT2D eigenvalue weighted by Crippen LogP contribution is 2.28. The number of aromatic nitrogens is 2. The molecule has 1 amide bonds. The van der Waals surface area contributed by atoms with E-state index in [1.54, 1.807) is 7.11 Å². The van der Waals surface area contributed by atoms with E-state index in [2.05, 4.69) is 15.2 Å². The molecule has 3 aromatic rings. The highest BCUT2D eigenvalue weighted by molar-refractivity contribution is 8.00. The minimum Gasteiger partial charge on any atom is -0.497 e. The van der Waals surface area contributed by atoms with E-state index < -0.39 is 0 Å². The molecule has 0 saturated carbocycles. The number of ether oxygens (including phenoxy) is 1. The van der Waals surface area contributed by atoms with Crippen molar-refractivity contribution in [2.45, 2.75) is 17.7 Å². The third kappa shape index (κ3) is 4.20. The van der Waals surface area contributed by atoms with Crippen LogP contribution in [0, 0.1) is 0 Å². The molecule has 0 atom stereocenters. The average molecular weight is 395 g/mol. The van der Waals surface area contributed by atoms with Gasteiger partial charge in [0.1, 0.15) is 5.75 Å². The number of hydrogen-bond donors (Lipinski definition) is 1. The zero-order chi connectivity index (χ0) is 19.3. The maximum atomic E-state index is 12.6. The standard InChI is InChI=1S/C21H22N4O2S/c1-27-15-8-10-16(11-9-15)28-14-19(26)24-20-21(25-12-4-5-13-25)23-18-7-3-2-6-17(18)22-20/h2-3,6-11H,4-5,12-14H2,1H3,(H,22,24,26). The second kappa shape index (κ2) is 8.48. The summed E-state index contributed by atoms with van der Waals surface area (Å²) < 4.78 is 5.16. The number of benzene rings is 2. The number of rotatable bonds is 6. The van der Waals surface area contributed by atoms with Crippen LogP contribution in [0.5, 0.6) is 5.75 Å². The lowest BCUT2D eigenvalue weighted by Gasteiger charge is -2.20. The van der Waals surface area contributed by atoms with Crippen LogP contribution in [0.15, 0.2) is 53.4 Å². The summed E-state index contributed by atoms with van der Waals surface area (Å²) in [7, 11) is 1.64. The topological polar surface area (TPSA) is 67.3 Å². The maximum Gasteiger partial charge on any atom is 0.235 e. The molecule has 0 unspecified atom stereocenters. The third-order valence-corrected chi connectivity index (χ3v) is 5.66. The van der Waals surface area contributed by atoms with Crippen LogP contribution in [-0.4, -0.2) is 41.8 Å². The van der Waals surface area contributed by atoms with Crippen LogP contribution >= 0.6 is 11.8 Å². The van der Waals surface area contributed by atoms with Crippen molar-refractivity contribution >= 4 is 40.3 Å². The number of amides is 1. The van der Waals surface area contributed by atoms with E-state index in [0.717, 1.165) is 53.4 Å². The predicted molar refractivity (Wildman–Crippen MR) is 113 cm³/mol. The molecule has 1 saturated heterocycles. The maximum absolute atomic E-state index is 12.6. The SMILES string of the molecule is COc1ccc(SCC(=O)Nc2nc3ccccc3nc2N2CCCC2)cc1. The molecule has 2 heterocycles. The third-order valence-electron chi connectivity index (χ3n) is 4.64. The Morgan fingerprint density at radius 1 is 1.07 bits per heavy atom. The second-order valence-electron chi connectivity index (χ2n) is 6.59. The van der Waals surface area contributed by atoms with Crippen molar-refractivity contribution in [2.75, 3.05) is 36.2 Å². The fraction of sp³-hybridized carbons (Fsp3) is 0.286. The predicted octanol–water partition coefficient (Wildman–Crippen LogP) is 3.97. The summed E-state index contributed by atoms with van der Waals surface area (Å²) in [4.78, 5) is 25.2. The molecule has 1 aliphatic heterocycles. The molecule has 1 aromatic heterocycles. The van der Waals surface area contributed by atoms with Gasteiger partial charge in [-0.15, -0.1) is 11.8 Å². The second-order valence-corrected chi connectivity index (χ2v) is 7.64. The lowest BCUT2D eigenvalue weighted by Crippen LogP contribution is -2.24. The molecule has 144 valence electrons. The number of methoxy groups -OCH3 is 1. The zero-order valence-corrected chi connectivity index (χ0v) is 16.5. The van der Waals surface area contributed by atoms with Gasteiger partial charge in [0.05, 0.1) is 23.9 Å². The summed E-state index contributed by atoms with van der Waals surface area (Å²) in [5.74, 6) is 2.32. The molecular formula is C21H22N4O2S. The molecule has 0 bridgehead atoms. The van der Waals surface area contributed by atoms with Gasteiger partial charge in [-0.25, -0.2) is 9.97 Å². The molecule has 7 heteroatoms. The van der Waals surface area contributed by atoms with Gasteiger partial charge in [-0.3, -0.25) is 4.79 Å². The Morgan fingerprint density at radius 3 is 2.43 bits per heavy atom. The molecule has 0 radical (unpaired) electrons. The van der Waals surface area contributed by atoms with Gasteiger partial charge in [0, 0.05) is 18.0 Å². The zero-order valence-electron chi connectivity index (χ0n) is 15.7. The molecule has 6 nitrogen and oxygen atoms in total. The van der Waals surface area contributed by atoms with E-state index in [1.165, 1.54) is 11.8 Å². The number of carbonyl (C=O) groups is 1. The van der Waals surface area contributed by atoms with E-state index in [0.29, 0.717) is 11.6 Å². The minimum atomic E-state index is -0.0918. The Balaban J connectivity index is 1.50. The largest absolute Gasteiger partial charge is 0.497 e.